The first-order valence-corrected chi connectivity index (χ1v) is 6.36. The van der Waals surface area contributed by atoms with Gasteiger partial charge in [0.05, 0.1) is 6.61 Å². The quantitative estimate of drug-likeness (QED) is 0.568. The smallest absolute Gasteiger partial charge is 0.0662 e. The van der Waals surface area contributed by atoms with Gasteiger partial charge in [0.15, 0.2) is 0 Å². The van der Waals surface area contributed by atoms with Gasteiger partial charge in [0.1, 0.15) is 0 Å². The van der Waals surface area contributed by atoms with Gasteiger partial charge >= 0.3 is 0 Å². The number of nitrogens with one attached hydrogen (secondary N) is 1. The zero-order chi connectivity index (χ0) is 13.0. The third-order valence-corrected chi connectivity index (χ3v) is 3.43. The van der Waals surface area contributed by atoms with Crippen molar-refractivity contribution in [3.8, 4) is 0 Å². The van der Waals surface area contributed by atoms with Crippen LogP contribution in [0.25, 0.3) is 0 Å². The molecule has 98 valence electrons. The van der Waals surface area contributed by atoms with Crippen molar-refractivity contribution in [2.45, 2.75) is 13.0 Å². The molecular formula is C13H18ClN3O. The molecule has 0 bridgehead atoms. The Hall–Kier alpha value is -1.07. The molecule has 1 aliphatic heterocycles. The largest absolute Gasteiger partial charge is 0.392 e. The summed E-state index contributed by atoms with van der Waals surface area (Å²) in [5, 5.41) is 9.97. The monoisotopic (exact) mass is 267 g/mol. The van der Waals surface area contributed by atoms with Gasteiger partial charge in [-0.25, -0.2) is 0 Å². The van der Waals surface area contributed by atoms with Gasteiger partial charge in [-0.2, -0.15) is 0 Å². The minimum Gasteiger partial charge on any atom is -0.392 e. The lowest BCUT2D eigenvalue weighted by molar-refractivity contribution is 0.250. The van der Waals surface area contributed by atoms with Crippen LogP contribution in [0.2, 0.25) is 5.02 Å². The average molecular weight is 268 g/mol. The topological polar surface area (TPSA) is 61.5 Å². The molecule has 0 amide bonds. The predicted octanol–water partition coefficient (Wildman–Crippen LogP) is 1.26. The fraction of sp³-hybridized carbons (Fsp3) is 0.385. The van der Waals surface area contributed by atoms with E-state index >= 15 is 0 Å². The molecule has 0 unspecified atom stereocenters. The van der Waals surface area contributed by atoms with Crippen LogP contribution >= 0.6 is 11.6 Å². The van der Waals surface area contributed by atoms with Gasteiger partial charge in [-0.3, -0.25) is 10.7 Å². The lowest BCUT2D eigenvalue weighted by Gasteiger charge is -2.30. The second-order valence-electron chi connectivity index (χ2n) is 4.48. The second-order valence-corrected chi connectivity index (χ2v) is 4.91. The molecule has 0 saturated carbocycles. The third-order valence-electron chi connectivity index (χ3n) is 3.20. The minimum absolute atomic E-state index is 0.0739. The first-order valence-electron chi connectivity index (χ1n) is 5.98. The zero-order valence-electron chi connectivity index (χ0n) is 10.2. The van der Waals surface area contributed by atoms with Gasteiger partial charge in [-0.05, 0) is 29.7 Å². The standard InChI is InChI=1S/C13H18ClN3O/c14-12-3-1-2-10(6-12)7-17-5-4-11(9-18)13(8-17)16-15/h1-3,6,16,18H,4-5,7-9,15H2. The molecule has 0 aromatic heterocycles. The molecule has 1 aromatic rings. The molecule has 0 atom stereocenters. The Labute approximate surface area is 112 Å². The molecule has 0 spiro atoms. The number of hydrogen-bond donors (Lipinski definition) is 3. The average Bonchev–Trinajstić information content (AvgIpc) is 2.38. The molecule has 0 saturated heterocycles. The van der Waals surface area contributed by atoms with Crippen LogP contribution in [0.15, 0.2) is 35.5 Å². The lowest BCUT2D eigenvalue weighted by atomic mass is 10.1. The summed E-state index contributed by atoms with van der Waals surface area (Å²) in [6.45, 7) is 2.57. The van der Waals surface area contributed by atoms with E-state index in [4.69, 9.17) is 17.4 Å². The summed E-state index contributed by atoms with van der Waals surface area (Å²) in [5.41, 5.74) is 5.79. The first kappa shape index (κ1) is 13.4. The maximum Gasteiger partial charge on any atom is 0.0662 e. The summed E-state index contributed by atoms with van der Waals surface area (Å²) in [7, 11) is 0. The Bertz CT molecular complexity index is 448. The summed E-state index contributed by atoms with van der Waals surface area (Å²) < 4.78 is 0. The van der Waals surface area contributed by atoms with Crippen LogP contribution in [0, 0.1) is 0 Å². The van der Waals surface area contributed by atoms with Crippen LogP contribution in [0.3, 0.4) is 0 Å². The fourth-order valence-corrected chi connectivity index (χ4v) is 2.42. The Morgan fingerprint density at radius 1 is 1.44 bits per heavy atom. The predicted molar refractivity (Wildman–Crippen MR) is 72.8 cm³/mol. The molecule has 5 heteroatoms. The zero-order valence-corrected chi connectivity index (χ0v) is 11.0. The SMILES string of the molecule is NNC1=C(CO)CCN(Cc2cccc(Cl)c2)C1. The summed E-state index contributed by atoms with van der Waals surface area (Å²) in [6, 6.07) is 7.87. The number of nitrogens with two attached hydrogens (primary N) is 1. The van der Waals surface area contributed by atoms with Crippen molar-refractivity contribution in [2.24, 2.45) is 5.84 Å². The van der Waals surface area contributed by atoms with Crippen LogP contribution in [0.4, 0.5) is 0 Å². The molecule has 18 heavy (non-hydrogen) atoms. The van der Waals surface area contributed by atoms with Crippen molar-refractivity contribution in [3.63, 3.8) is 0 Å². The van der Waals surface area contributed by atoms with E-state index in [1.54, 1.807) is 0 Å². The van der Waals surface area contributed by atoms with Crippen LogP contribution in [-0.4, -0.2) is 29.7 Å². The number of halogens is 1. The van der Waals surface area contributed by atoms with Crippen LogP contribution < -0.4 is 11.3 Å². The highest BCUT2D eigenvalue weighted by atomic mass is 35.5. The van der Waals surface area contributed by atoms with Crippen molar-refractivity contribution in [1.82, 2.24) is 10.3 Å². The minimum atomic E-state index is 0.0739. The summed E-state index contributed by atoms with van der Waals surface area (Å²) in [6.07, 6.45) is 0.844. The van der Waals surface area contributed by atoms with Crippen molar-refractivity contribution < 1.29 is 5.11 Å². The number of benzene rings is 1. The van der Waals surface area contributed by atoms with Gasteiger partial charge in [0, 0.05) is 30.4 Å². The molecule has 0 radical (unpaired) electrons. The van der Waals surface area contributed by atoms with E-state index in [0.29, 0.717) is 0 Å². The van der Waals surface area contributed by atoms with E-state index in [1.165, 1.54) is 5.56 Å². The Kier molecular flexibility index (Phi) is 4.60. The highest BCUT2D eigenvalue weighted by molar-refractivity contribution is 6.30. The molecule has 2 rings (SSSR count). The number of aliphatic hydroxyl groups excluding tert-OH is 1. The Morgan fingerprint density at radius 3 is 2.94 bits per heavy atom. The number of hydrogen-bond acceptors (Lipinski definition) is 4. The van der Waals surface area contributed by atoms with Crippen LogP contribution in [-0.2, 0) is 6.54 Å². The highest BCUT2D eigenvalue weighted by Gasteiger charge is 2.17. The van der Waals surface area contributed by atoms with Crippen LogP contribution in [0.1, 0.15) is 12.0 Å². The van der Waals surface area contributed by atoms with E-state index in [1.807, 2.05) is 18.2 Å². The molecule has 1 aliphatic rings. The van der Waals surface area contributed by atoms with E-state index in [0.717, 1.165) is 42.3 Å². The van der Waals surface area contributed by atoms with Crippen molar-refractivity contribution in [1.29, 1.82) is 0 Å². The van der Waals surface area contributed by atoms with Gasteiger partial charge in [0.2, 0.25) is 0 Å². The van der Waals surface area contributed by atoms with Gasteiger partial charge in [-0.1, -0.05) is 23.7 Å². The first-order chi connectivity index (χ1) is 8.72. The second kappa shape index (κ2) is 6.20. The van der Waals surface area contributed by atoms with Gasteiger partial charge < -0.3 is 10.5 Å². The highest BCUT2D eigenvalue weighted by Crippen LogP contribution is 2.18. The molecule has 1 heterocycles. The molecule has 1 aromatic carbocycles. The fourth-order valence-electron chi connectivity index (χ4n) is 2.21. The van der Waals surface area contributed by atoms with Gasteiger partial charge in [-0.15, -0.1) is 0 Å². The van der Waals surface area contributed by atoms with Crippen molar-refractivity contribution in [3.05, 3.63) is 46.1 Å². The van der Waals surface area contributed by atoms with Crippen molar-refractivity contribution in [2.75, 3.05) is 19.7 Å². The number of hydrazine groups is 1. The van der Waals surface area contributed by atoms with E-state index in [-0.39, 0.29) is 6.61 Å². The molecule has 4 nitrogen and oxygen atoms in total. The molecule has 0 fully saturated rings. The Balaban J connectivity index is 2.03. The summed E-state index contributed by atoms with van der Waals surface area (Å²) in [5.74, 6) is 5.48. The molecule has 4 N–H and O–H groups in total. The number of aliphatic hydroxyl groups is 1. The van der Waals surface area contributed by atoms with E-state index < -0.39 is 0 Å². The maximum absolute atomic E-state index is 9.22. The van der Waals surface area contributed by atoms with E-state index in [9.17, 15) is 5.11 Å². The van der Waals surface area contributed by atoms with E-state index in [2.05, 4.69) is 16.4 Å². The Morgan fingerprint density at radius 2 is 2.28 bits per heavy atom. The van der Waals surface area contributed by atoms with Crippen molar-refractivity contribution >= 4 is 11.6 Å². The normalized spacial score (nSPS) is 17.1. The molecular weight excluding hydrogens is 250 g/mol. The maximum atomic E-state index is 9.22. The summed E-state index contributed by atoms with van der Waals surface area (Å²) >= 11 is 5.97. The number of nitrogens with zero attached hydrogens (tertiary/aromatic N) is 1. The van der Waals surface area contributed by atoms with Crippen LogP contribution in [0.5, 0.6) is 0 Å². The lowest BCUT2D eigenvalue weighted by Crippen LogP contribution is -2.38. The van der Waals surface area contributed by atoms with Gasteiger partial charge in [0.25, 0.3) is 0 Å². The molecule has 0 aliphatic carbocycles. The number of rotatable bonds is 4. The summed E-state index contributed by atoms with van der Waals surface area (Å²) in [4.78, 5) is 2.28. The third kappa shape index (κ3) is 3.23.